The van der Waals surface area contributed by atoms with Crippen LogP contribution in [0.3, 0.4) is 0 Å². The lowest BCUT2D eigenvalue weighted by atomic mass is 10.0. The number of quaternary nitrogens is 2. The van der Waals surface area contributed by atoms with E-state index in [2.05, 4.69) is 42.0 Å². The van der Waals surface area contributed by atoms with Gasteiger partial charge in [0.1, 0.15) is 0 Å². The van der Waals surface area contributed by atoms with Gasteiger partial charge in [-0.3, -0.25) is 29.0 Å². The lowest BCUT2D eigenvalue weighted by molar-refractivity contribution is -0.916. The molecule has 0 saturated heterocycles. The second-order valence-corrected chi connectivity index (χ2v) is 14.7. The Balaban J connectivity index is 1.20. The minimum atomic E-state index is -0.160. The molecule has 46 heavy (non-hydrogen) atoms. The van der Waals surface area contributed by atoms with Crippen molar-refractivity contribution in [2.75, 3.05) is 60.9 Å². The summed E-state index contributed by atoms with van der Waals surface area (Å²) in [6.07, 6.45) is 9.62. The van der Waals surface area contributed by atoms with E-state index in [1.54, 1.807) is 24.3 Å². The maximum absolute atomic E-state index is 13.0. The Kier molecular flexibility index (Phi) is 11.9. The summed E-state index contributed by atoms with van der Waals surface area (Å²) in [5, 5.41) is 0. The van der Waals surface area contributed by atoms with Crippen LogP contribution >= 0.6 is 0 Å². The first-order valence-corrected chi connectivity index (χ1v) is 17.4. The number of fused-ring (bicyclic) bond motifs is 2. The Morgan fingerprint density at radius 3 is 1.52 bits per heavy atom. The lowest BCUT2D eigenvalue weighted by Gasteiger charge is -2.39. The zero-order valence-electron chi connectivity index (χ0n) is 29.1. The Bertz CT molecular complexity index is 1330. The van der Waals surface area contributed by atoms with Gasteiger partial charge in [-0.25, -0.2) is 0 Å². The number of carbonyl (C=O) groups excluding carboxylic acids is 4. The van der Waals surface area contributed by atoms with Crippen molar-refractivity contribution in [2.24, 2.45) is 5.92 Å². The van der Waals surface area contributed by atoms with Crippen LogP contribution < -0.4 is 0 Å². The molecule has 250 valence electrons. The minimum Gasteiger partial charge on any atom is -0.328 e. The van der Waals surface area contributed by atoms with Crippen LogP contribution in [0.4, 0.5) is 0 Å². The van der Waals surface area contributed by atoms with Gasteiger partial charge < -0.3 is 8.97 Å². The maximum Gasteiger partial charge on any atom is 0.261 e. The molecule has 2 atom stereocenters. The van der Waals surface area contributed by atoms with Gasteiger partial charge in [-0.1, -0.05) is 51.0 Å². The number of amides is 4. The number of benzene rings is 2. The smallest absolute Gasteiger partial charge is 0.261 e. The summed E-state index contributed by atoms with van der Waals surface area (Å²) in [6.45, 7) is 8.42. The zero-order chi connectivity index (χ0) is 33.5. The first-order chi connectivity index (χ1) is 21.9. The molecule has 2 unspecified atom stereocenters. The highest BCUT2D eigenvalue weighted by molar-refractivity contribution is 6.22. The van der Waals surface area contributed by atoms with Gasteiger partial charge in [0.05, 0.1) is 76.1 Å². The molecule has 4 rings (SSSR count). The van der Waals surface area contributed by atoms with Crippen molar-refractivity contribution in [3.8, 4) is 0 Å². The molecule has 2 aliphatic rings. The van der Waals surface area contributed by atoms with Gasteiger partial charge in [-0.15, -0.1) is 0 Å². The van der Waals surface area contributed by atoms with E-state index < -0.39 is 0 Å². The molecule has 0 aromatic heterocycles. The van der Waals surface area contributed by atoms with E-state index in [-0.39, 0.29) is 29.5 Å². The van der Waals surface area contributed by atoms with Crippen molar-refractivity contribution in [1.29, 1.82) is 0 Å². The number of hydrogen-bond donors (Lipinski definition) is 0. The molecular weight excluding hydrogens is 576 g/mol. The molecule has 0 radical (unpaired) electrons. The molecule has 2 aromatic carbocycles. The van der Waals surface area contributed by atoms with Gasteiger partial charge in [0.25, 0.3) is 23.6 Å². The second-order valence-electron chi connectivity index (χ2n) is 14.7. The van der Waals surface area contributed by atoms with Gasteiger partial charge in [-0.2, -0.15) is 0 Å². The Morgan fingerprint density at radius 1 is 0.587 bits per heavy atom. The highest BCUT2D eigenvalue weighted by Crippen LogP contribution is 2.27. The molecule has 2 aromatic rings. The van der Waals surface area contributed by atoms with Gasteiger partial charge in [0, 0.05) is 25.4 Å². The van der Waals surface area contributed by atoms with Crippen LogP contribution in [0.15, 0.2) is 48.5 Å². The Morgan fingerprint density at radius 2 is 1.04 bits per heavy atom. The molecule has 0 fully saturated rings. The van der Waals surface area contributed by atoms with E-state index in [0.717, 1.165) is 73.5 Å². The Hall–Kier alpha value is -3.36. The van der Waals surface area contributed by atoms with Crippen molar-refractivity contribution in [3.05, 3.63) is 70.8 Å². The van der Waals surface area contributed by atoms with Crippen molar-refractivity contribution < 1.29 is 28.1 Å². The summed E-state index contributed by atoms with van der Waals surface area (Å²) in [6, 6.07) is 14.7. The fourth-order valence-electron chi connectivity index (χ4n) is 7.59. The summed E-state index contributed by atoms with van der Waals surface area (Å²) in [5.41, 5.74) is 2.11. The third kappa shape index (κ3) is 8.31. The first-order valence-electron chi connectivity index (χ1n) is 17.4. The third-order valence-electron chi connectivity index (χ3n) is 10.2. The predicted molar refractivity (Wildman–Crippen MR) is 183 cm³/mol. The molecule has 0 spiro atoms. The highest BCUT2D eigenvalue weighted by atomic mass is 16.2. The topological polar surface area (TPSA) is 74.8 Å². The summed E-state index contributed by atoms with van der Waals surface area (Å²) in [7, 11) is 9.14. The SMILES string of the molecule is CCCC(CN1C(=O)c2ccccc2C1=O)C[N+](C)(C)CCCCCC[N+](C)(C)C(CCC)CCN1C(=O)c2ccccc2C1=O. The molecular formula is C38H56N4O4+2. The van der Waals surface area contributed by atoms with E-state index in [1.165, 1.54) is 22.6 Å². The lowest BCUT2D eigenvalue weighted by Crippen LogP contribution is -2.51. The van der Waals surface area contributed by atoms with E-state index in [1.807, 2.05) is 24.3 Å². The van der Waals surface area contributed by atoms with Crippen LogP contribution in [0.2, 0.25) is 0 Å². The summed E-state index contributed by atoms with van der Waals surface area (Å²) in [4.78, 5) is 54.6. The average molecular weight is 633 g/mol. The molecule has 2 aliphatic heterocycles. The number of nitrogens with zero attached hydrogens (tertiary/aromatic N) is 4. The standard InChI is InChI=1S/C38H56N4O4/c1-7-17-29(27-40-37(45)33-21-13-14-22-34(33)38(40)46)28-41(3,4)25-15-9-10-16-26-42(5,6)30(18-8-2)23-24-39-35(43)31-19-11-12-20-32(31)36(39)44/h11-14,19-22,29-30H,7-10,15-18,23-28H2,1-6H3/q+2. The van der Waals surface area contributed by atoms with Gasteiger partial charge in [0.15, 0.2) is 0 Å². The van der Waals surface area contributed by atoms with Gasteiger partial charge >= 0.3 is 0 Å². The van der Waals surface area contributed by atoms with Gasteiger partial charge in [0.2, 0.25) is 0 Å². The monoisotopic (exact) mass is 632 g/mol. The summed E-state index contributed by atoms with van der Waals surface area (Å²) < 4.78 is 1.78. The number of hydrogen-bond acceptors (Lipinski definition) is 4. The van der Waals surface area contributed by atoms with Crippen molar-refractivity contribution >= 4 is 23.6 Å². The van der Waals surface area contributed by atoms with Crippen molar-refractivity contribution in [1.82, 2.24) is 9.80 Å². The van der Waals surface area contributed by atoms with Crippen LogP contribution in [0.5, 0.6) is 0 Å². The van der Waals surface area contributed by atoms with Crippen molar-refractivity contribution in [2.45, 2.75) is 77.7 Å². The fourth-order valence-corrected chi connectivity index (χ4v) is 7.59. The number of imide groups is 2. The van der Waals surface area contributed by atoms with Crippen LogP contribution in [0.25, 0.3) is 0 Å². The average Bonchev–Trinajstić information content (AvgIpc) is 3.41. The van der Waals surface area contributed by atoms with E-state index >= 15 is 0 Å². The van der Waals surface area contributed by atoms with Crippen molar-refractivity contribution in [3.63, 3.8) is 0 Å². The zero-order valence-corrected chi connectivity index (χ0v) is 29.1. The third-order valence-corrected chi connectivity index (χ3v) is 10.2. The fraction of sp³-hybridized carbons (Fsp3) is 0.579. The summed E-state index contributed by atoms with van der Waals surface area (Å²) in [5.74, 6) is -0.355. The first kappa shape index (κ1) is 35.5. The van der Waals surface area contributed by atoms with E-state index in [4.69, 9.17) is 0 Å². The molecule has 8 heteroatoms. The van der Waals surface area contributed by atoms with Crippen LogP contribution in [-0.2, 0) is 0 Å². The number of rotatable bonds is 19. The molecule has 0 N–H and O–H groups in total. The normalized spacial score (nSPS) is 16.3. The van der Waals surface area contributed by atoms with Crippen LogP contribution in [0.1, 0.15) is 113 Å². The molecule has 8 nitrogen and oxygen atoms in total. The molecule has 0 bridgehead atoms. The van der Waals surface area contributed by atoms with E-state index in [9.17, 15) is 19.2 Å². The van der Waals surface area contributed by atoms with Crippen LogP contribution in [0, 0.1) is 5.92 Å². The minimum absolute atomic E-state index is 0.155. The number of carbonyl (C=O) groups is 4. The molecule has 4 amide bonds. The van der Waals surface area contributed by atoms with Crippen LogP contribution in [-0.4, -0.2) is 109 Å². The quantitative estimate of drug-likeness (QED) is 0.104. The molecule has 2 heterocycles. The highest BCUT2D eigenvalue weighted by Gasteiger charge is 2.38. The van der Waals surface area contributed by atoms with Gasteiger partial charge in [-0.05, 0) is 62.8 Å². The maximum atomic E-state index is 13.0. The largest absolute Gasteiger partial charge is 0.328 e. The van der Waals surface area contributed by atoms with E-state index in [0.29, 0.717) is 41.4 Å². The number of unbranched alkanes of at least 4 members (excludes halogenated alkanes) is 3. The second kappa shape index (κ2) is 15.5. The predicted octanol–water partition coefficient (Wildman–Crippen LogP) is 6.27. The summed E-state index contributed by atoms with van der Waals surface area (Å²) >= 11 is 0. The molecule has 0 aliphatic carbocycles. The Labute approximate surface area is 276 Å². The molecule has 0 saturated carbocycles.